The summed E-state index contributed by atoms with van der Waals surface area (Å²) in [5, 5.41) is 7.73. The third-order valence-corrected chi connectivity index (χ3v) is 5.07. The Morgan fingerprint density at radius 2 is 2.14 bits per heavy atom. The van der Waals surface area contributed by atoms with E-state index in [1.807, 2.05) is 18.8 Å². The lowest BCUT2D eigenvalue weighted by molar-refractivity contribution is 0.0703. The van der Waals surface area contributed by atoms with Gasteiger partial charge >= 0.3 is 0 Å². The van der Waals surface area contributed by atoms with E-state index in [0.717, 1.165) is 55.6 Å². The van der Waals surface area contributed by atoms with E-state index in [2.05, 4.69) is 38.2 Å². The standard InChI is InChI=1S/C15H25BrN4O/c1-4-15(5-7-17-8-6-15)14(21)13-12(16)11-18-20(13)10-9-19(2)3/h11,17H,4-10H2,1-3H3. The van der Waals surface area contributed by atoms with Gasteiger partial charge in [-0.3, -0.25) is 9.48 Å². The van der Waals surface area contributed by atoms with Gasteiger partial charge in [0.15, 0.2) is 5.78 Å². The van der Waals surface area contributed by atoms with Crippen LogP contribution in [0.5, 0.6) is 0 Å². The number of carbonyl (C=O) groups excluding carboxylic acids is 1. The minimum absolute atomic E-state index is 0.232. The average Bonchev–Trinajstić information content (AvgIpc) is 2.86. The van der Waals surface area contributed by atoms with Gasteiger partial charge in [-0.15, -0.1) is 0 Å². The molecule has 0 atom stereocenters. The largest absolute Gasteiger partial charge is 0.317 e. The van der Waals surface area contributed by atoms with Gasteiger partial charge in [0.2, 0.25) is 0 Å². The molecule has 1 N–H and O–H groups in total. The van der Waals surface area contributed by atoms with Crippen molar-refractivity contribution >= 4 is 21.7 Å². The van der Waals surface area contributed by atoms with Gasteiger partial charge in [0, 0.05) is 12.0 Å². The summed E-state index contributed by atoms with van der Waals surface area (Å²) in [7, 11) is 4.06. The Bertz CT molecular complexity index is 492. The van der Waals surface area contributed by atoms with Crippen molar-refractivity contribution in [2.75, 3.05) is 33.7 Å². The van der Waals surface area contributed by atoms with Gasteiger partial charge in [-0.2, -0.15) is 5.10 Å². The Labute approximate surface area is 135 Å². The van der Waals surface area contributed by atoms with Gasteiger partial charge in [-0.25, -0.2) is 0 Å². The highest BCUT2D eigenvalue weighted by atomic mass is 79.9. The Hall–Kier alpha value is -0.720. The minimum Gasteiger partial charge on any atom is -0.317 e. The number of aromatic nitrogens is 2. The molecule has 0 spiro atoms. The number of hydrogen-bond acceptors (Lipinski definition) is 4. The number of nitrogens with zero attached hydrogens (tertiary/aromatic N) is 3. The molecule has 0 unspecified atom stereocenters. The molecule has 1 aliphatic rings. The van der Waals surface area contributed by atoms with E-state index in [1.165, 1.54) is 0 Å². The molecule has 1 aromatic heterocycles. The normalized spacial score (nSPS) is 18.1. The van der Waals surface area contributed by atoms with Gasteiger partial charge < -0.3 is 10.2 Å². The van der Waals surface area contributed by atoms with Crippen molar-refractivity contribution in [2.45, 2.75) is 32.7 Å². The maximum absolute atomic E-state index is 13.2. The van der Waals surface area contributed by atoms with E-state index in [4.69, 9.17) is 0 Å². The van der Waals surface area contributed by atoms with Crippen molar-refractivity contribution in [1.29, 1.82) is 0 Å². The number of carbonyl (C=O) groups is 1. The topological polar surface area (TPSA) is 50.2 Å². The predicted molar refractivity (Wildman–Crippen MR) is 87.6 cm³/mol. The number of halogens is 1. The number of Topliss-reactive ketones (excluding diaryl/α,β-unsaturated/α-hetero) is 1. The lowest BCUT2D eigenvalue weighted by Crippen LogP contribution is -2.42. The van der Waals surface area contributed by atoms with Crippen LogP contribution in [-0.2, 0) is 6.54 Å². The smallest absolute Gasteiger partial charge is 0.188 e. The molecule has 118 valence electrons. The molecule has 0 saturated carbocycles. The second kappa shape index (κ2) is 7.03. The number of piperidine rings is 1. The van der Waals surface area contributed by atoms with E-state index in [-0.39, 0.29) is 11.2 Å². The molecule has 5 nitrogen and oxygen atoms in total. The molecule has 1 aromatic rings. The van der Waals surface area contributed by atoms with E-state index in [1.54, 1.807) is 6.20 Å². The third-order valence-electron chi connectivity index (χ3n) is 4.49. The Morgan fingerprint density at radius 1 is 1.48 bits per heavy atom. The summed E-state index contributed by atoms with van der Waals surface area (Å²) in [5.74, 6) is 0.245. The molecule has 0 radical (unpaired) electrons. The summed E-state index contributed by atoms with van der Waals surface area (Å²) in [6.07, 6.45) is 4.45. The molecule has 0 aromatic carbocycles. The Balaban J connectivity index is 2.27. The van der Waals surface area contributed by atoms with Crippen molar-refractivity contribution < 1.29 is 4.79 Å². The molecule has 0 aliphatic carbocycles. The maximum atomic E-state index is 13.2. The van der Waals surface area contributed by atoms with Crippen LogP contribution in [0.3, 0.4) is 0 Å². The van der Waals surface area contributed by atoms with Crippen molar-refractivity contribution in [3.63, 3.8) is 0 Å². The van der Waals surface area contributed by atoms with Crippen LogP contribution in [0.1, 0.15) is 36.7 Å². The second-order valence-electron chi connectivity index (χ2n) is 6.08. The summed E-state index contributed by atoms with van der Waals surface area (Å²) in [6.45, 7) is 5.57. The van der Waals surface area contributed by atoms with Crippen LogP contribution >= 0.6 is 15.9 Å². The summed E-state index contributed by atoms with van der Waals surface area (Å²) < 4.78 is 2.67. The van der Waals surface area contributed by atoms with Crippen LogP contribution < -0.4 is 5.32 Å². The molecule has 2 heterocycles. The van der Waals surface area contributed by atoms with Crippen LogP contribution in [0.25, 0.3) is 0 Å². The zero-order valence-electron chi connectivity index (χ0n) is 13.2. The SMILES string of the molecule is CCC1(C(=O)c2c(Br)cnn2CCN(C)C)CCNCC1. The highest BCUT2D eigenvalue weighted by Crippen LogP contribution is 2.37. The van der Waals surface area contributed by atoms with Gasteiger partial charge in [-0.1, -0.05) is 6.92 Å². The first-order chi connectivity index (χ1) is 10.00. The van der Waals surface area contributed by atoms with Gasteiger partial charge in [0.1, 0.15) is 5.69 Å². The van der Waals surface area contributed by atoms with E-state index in [9.17, 15) is 4.79 Å². The lowest BCUT2D eigenvalue weighted by atomic mass is 9.72. The second-order valence-corrected chi connectivity index (χ2v) is 6.93. The van der Waals surface area contributed by atoms with Crippen LogP contribution in [0.15, 0.2) is 10.7 Å². The highest BCUT2D eigenvalue weighted by molar-refractivity contribution is 9.10. The summed E-state index contributed by atoms with van der Waals surface area (Å²) in [4.78, 5) is 15.3. The molecule has 6 heteroatoms. The molecule has 1 saturated heterocycles. The zero-order valence-corrected chi connectivity index (χ0v) is 14.7. The first-order valence-corrected chi connectivity index (χ1v) is 8.41. The number of rotatable bonds is 6. The summed E-state index contributed by atoms with van der Waals surface area (Å²) >= 11 is 3.51. The summed E-state index contributed by atoms with van der Waals surface area (Å²) in [6, 6.07) is 0. The van der Waals surface area contributed by atoms with Crippen LogP contribution in [0, 0.1) is 5.41 Å². The number of likely N-dealkylation sites (N-methyl/N-ethyl adjacent to an activating group) is 1. The fraction of sp³-hybridized carbons (Fsp3) is 0.733. The molecule has 1 aliphatic heterocycles. The molecule has 0 bridgehead atoms. The molecular formula is C15H25BrN4O. The third kappa shape index (κ3) is 3.55. The predicted octanol–water partition coefficient (Wildman–Crippen LogP) is 2.17. The zero-order chi connectivity index (χ0) is 15.5. The minimum atomic E-state index is -0.232. The molecule has 1 fully saturated rings. The van der Waals surface area contributed by atoms with Gasteiger partial charge in [0.05, 0.1) is 17.2 Å². The van der Waals surface area contributed by atoms with Gasteiger partial charge in [-0.05, 0) is 62.4 Å². The lowest BCUT2D eigenvalue weighted by Gasteiger charge is -2.35. The average molecular weight is 357 g/mol. The highest BCUT2D eigenvalue weighted by Gasteiger charge is 2.40. The van der Waals surface area contributed by atoms with E-state index in [0.29, 0.717) is 0 Å². The van der Waals surface area contributed by atoms with Crippen LogP contribution in [0.4, 0.5) is 0 Å². The Morgan fingerprint density at radius 3 is 2.71 bits per heavy atom. The Kier molecular flexibility index (Phi) is 5.57. The first kappa shape index (κ1) is 16.6. The molecule has 21 heavy (non-hydrogen) atoms. The van der Waals surface area contributed by atoms with Crippen molar-refractivity contribution in [3.05, 3.63) is 16.4 Å². The van der Waals surface area contributed by atoms with E-state index < -0.39 is 0 Å². The summed E-state index contributed by atoms with van der Waals surface area (Å²) in [5.41, 5.74) is 0.504. The van der Waals surface area contributed by atoms with Crippen LogP contribution in [-0.4, -0.2) is 54.2 Å². The van der Waals surface area contributed by atoms with Crippen molar-refractivity contribution in [1.82, 2.24) is 20.0 Å². The van der Waals surface area contributed by atoms with E-state index >= 15 is 0 Å². The molecule has 0 amide bonds. The monoisotopic (exact) mass is 356 g/mol. The van der Waals surface area contributed by atoms with Gasteiger partial charge in [0.25, 0.3) is 0 Å². The fourth-order valence-electron chi connectivity index (χ4n) is 2.95. The first-order valence-electron chi connectivity index (χ1n) is 7.62. The molecule has 2 rings (SSSR count). The number of hydrogen-bond donors (Lipinski definition) is 1. The number of ketones is 1. The fourth-order valence-corrected chi connectivity index (χ4v) is 3.43. The quantitative estimate of drug-likeness (QED) is 0.793. The molecular weight excluding hydrogens is 332 g/mol. The van der Waals surface area contributed by atoms with Crippen molar-refractivity contribution in [2.24, 2.45) is 5.41 Å². The number of nitrogens with one attached hydrogen (secondary N) is 1. The van der Waals surface area contributed by atoms with Crippen molar-refractivity contribution in [3.8, 4) is 0 Å². The van der Waals surface area contributed by atoms with Crippen LogP contribution in [0.2, 0.25) is 0 Å². The maximum Gasteiger partial charge on any atom is 0.188 e.